The van der Waals surface area contributed by atoms with Crippen LogP contribution in [0.3, 0.4) is 0 Å². The molecule has 8 nitrogen and oxygen atoms in total. The first kappa shape index (κ1) is 16.4. The number of carbonyl (C=O) groups excluding carboxylic acids is 4. The largest absolute Gasteiger partial charge is 0.345 e. The summed E-state index contributed by atoms with van der Waals surface area (Å²) in [6.45, 7) is -0.488. The lowest BCUT2D eigenvalue weighted by molar-refractivity contribution is -0.140. The van der Waals surface area contributed by atoms with Crippen LogP contribution in [0.1, 0.15) is 23.2 Å². The van der Waals surface area contributed by atoms with Gasteiger partial charge in [0.15, 0.2) is 0 Å². The van der Waals surface area contributed by atoms with Crippen LogP contribution in [-0.2, 0) is 14.4 Å². The Bertz CT molecular complexity index is 645. The Morgan fingerprint density at radius 3 is 2.39 bits per heavy atom. The quantitative estimate of drug-likeness (QED) is 0.419. The van der Waals surface area contributed by atoms with Crippen molar-refractivity contribution in [3.63, 3.8) is 0 Å². The van der Waals surface area contributed by atoms with Crippen molar-refractivity contribution in [2.75, 3.05) is 6.54 Å². The fourth-order valence-electron chi connectivity index (χ4n) is 1.61. The van der Waals surface area contributed by atoms with Crippen molar-refractivity contribution in [2.24, 2.45) is 0 Å². The third-order valence-electron chi connectivity index (χ3n) is 2.96. The van der Waals surface area contributed by atoms with Gasteiger partial charge in [-0.1, -0.05) is 12.1 Å². The number of benzene rings is 1. The molecule has 1 saturated carbocycles. The zero-order valence-corrected chi connectivity index (χ0v) is 12.0. The number of hydrogen-bond acceptors (Lipinski definition) is 4. The van der Waals surface area contributed by atoms with Gasteiger partial charge < -0.3 is 10.6 Å². The Balaban J connectivity index is 1.70. The van der Waals surface area contributed by atoms with Crippen molar-refractivity contribution in [1.29, 1.82) is 0 Å². The molecule has 0 radical (unpaired) electrons. The van der Waals surface area contributed by atoms with Gasteiger partial charge in [0.05, 0.1) is 12.1 Å². The molecule has 9 heteroatoms. The van der Waals surface area contributed by atoms with E-state index in [1.807, 2.05) is 10.9 Å². The van der Waals surface area contributed by atoms with Crippen LogP contribution in [0.15, 0.2) is 24.3 Å². The van der Waals surface area contributed by atoms with E-state index in [2.05, 4.69) is 10.6 Å². The van der Waals surface area contributed by atoms with Gasteiger partial charge in [-0.25, -0.2) is 4.39 Å². The Labute approximate surface area is 130 Å². The van der Waals surface area contributed by atoms with Gasteiger partial charge in [0.1, 0.15) is 5.82 Å². The van der Waals surface area contributed by atoms with E-state index in [1.54, 1.807) is 0 Å². The number of halogens is 1. The third-order valence-corrected chi connectivity index (χ3v) is 2.96. The van der Waals surface area contributed by atoms with Crippen molar-refractivity contribution in [1.82, 2.24) is 21.5 Å². The van der Waals surface area contributed by atoms with Gasteiger partial charge in [-0.2, -0.15) is 0 Å². The molecule has 0 unspecified atom stereocenters. The van der Waals surface area contributed by atoms with Crippen molar-refractivity contribution in [3.05, 3.63) is 35.6 Å². The number of nitrogens with one attached hydrogen (secondary N) is 4. The van der Waals surface area contributed by atoms with Crippen molar-refractivity contribution >= 4 is 23.6 Å². The number of amides is 4. The van der Waals surface area contributed by atoms with E-state index < -0.39 is 36.0 Å². The maximum Gasteiger partial charge on any atom is 0.327 e. The summed E-state index contributed by atoms with van der Waals surface area (Å²) in [6.07, 6.45) is 1.65. The second kappa shape index (κ2) is 7.34. The Morgan fingerprint density at radius 1 is 1.04 bits per heavy atom. The lowest BCUT2D eigenvalue weighted by atomic mass is 10.2. The summed E-state index contributed by atoms with van der Waals surface area (Å²) in [7, 11) is 0. The molecule has 23 heavy (non-hydrogen) atoms. The monoisotopic (exact) mass is 322 g/mol. The topological polar surface area (TPSA) is 116 Å². The molecule has 4 amide bonds. The highest BCUT2D eigenvalue weighted by atomic mass is 19.1. The van der Waals surface area contributed by atoms with Crippen LogP contribution in [0.5, 0.6) is 0 Å². The molecule has 4 N–H and O–H groups in total. The molecule has 1 aliphatic carbocycles. The van der Waals surface area contributed by atoms with E-state index in [-0.39, 0.29) is 11.6 Å². The summed E-state index contributed by atoms with van der Waals surface area (Å²) in [5.74, 6) is -4.09. The number of hydrogen-bond donors (Lipinski definition) is 4. The van der Waals surface area contributed by atoms with E-state index in [0.29, 0.717) is 0 Å². The molecule has 1 aromatic rings. The lowest BCUT2D eigenvalue weighted by Gasteiger charge is -2.08. The maximum atomic E-state index is 13.4. The fourth-order valence-corrected chi connectivity index (χ4v) is 1.61. The van der Waals surface area contributed by atoms with E-state index in [4.69, 9.17) is 0 Å². The second-order valence-corrected chi connectivity index (χ2v) is 4.91. The van der Waals surface area contributed by atoms with E-state index in [1.165, 1.54) is 18.2 Å². The molecule has 0 aromatic heterocycles. The third kappa shape index (κ3) is 5.06. The Kier molecular flexibility index (Phi) is 5.23. The van der Waals surface area contributed by atoms with Gasteiger partial charge >= 0.3 is 11.8 Å². The average molecular weight is 322 g/mol. The van der Waals surface area contributed by atoms with Crippen LogP contribution >= 0.6 is 0 Å². The molecule has 1 aromatic carbocycles. The second-order valence-electron chi connectivity index (χ2n) is 4.91. The van der Waals surface area contributed by atoms with Crippen molar-refractivity contribution < 1.29 is 23.6 Å². The summed E-state index contributed by atoms with van der Waals surface area (Å²) >= 11 is 0. The number of carbonyl (C=O) groups is 4. The minimum Gasteiger partial charge on any atom is -0.345 e. The van der Waals surface area contributed by atoms with E-state index in [9.17, 15) is 23.6 Å². The SMILES string of the molecule is O=C(CNC(=O)c1ccccc1F)NNC(=O)C(=O)NC1CC1. The Morgan fingerprint density at radius 2 is 1.74 bits per heavy atom. The molecule has 0 heterocycles. The van der Waals surface area contributed by atoms with Gasteiger partial charge in [0.2, 0.25) is 0 Å². The molecule has 2 rings (SSSR count). The first-order chi connectivity index (χ1) is 11.0. The van der Waals surface area contributed by atoms with Crippen LogP contribution in [0, 0.1) is 5.82 Å². The standard InChI is InChI=1S/C14H15FN4O4/c15-10-4-2-1-3-9(10)12(21)16-7-11(20)18-19-14(23)13(22)17-8-5-6-8/h1-4,8H,5-7H2,(H,16,21)(H,17,22)(H,18,20)(H,19,23). The average Bonchev–Trinajstić information content (AvgIpc) is 3.34. The van der Waals surface area contributed by atoms with Crippen molar-refractivity contribution in [2.45, 2.75) is 18.9 Å². The fraction of sp³-hybridized carbons (Fsp3) is 0.286. The van der Waals surface area contributed by atoms with Gasteiger partial charge in [-0.15, -0.1) is 0 Å². The lowest BCUT2D eigenvalue weighted by Crippen LogP contribution is -2.51. The Hall–Kier alpha value is -2.97. The van der Waals surface area contributed by atoms with Crippen LogP contribution in [0.4, 0.5) is 4.39 Å². The van der Waals surface area contributed by atoms with Crippen LogP contribution in [0.25, 0.3) is 0 Å². The van der Waals surface area contributed by atoms with Crippen LogP contribution < -0.4 is 21.5 Å². The molecule has 0 saturated heterocycles. The van der Waals surface area contributed by atoms with E-state index >= 15 is 0 Å². The maximum absolute atomic E-state index is 13.4. The highest BCUT2D eigenvalue weighted by Gasteiger charge is 2.26. The molecule has 0 spiro atoms. The number of hydrazine groups is 1. The van der Waals surface area contributed by atoms with Crippen molar-refractivity contribution in [3.8, 4) is 0 Å². The summed E-state index contributed by atoms with van der Waals surface area (Å²) in [4.78, 5) is 45.8. The van der Waals surface area contributed by atoms with Gasteiger partial charge in [0.25, 0.3) is 11.8 Å². The van der Waals surface area contributed by atoms with Crippen LogP contribution in [0.2, 0.25) is 0 Å². The van der Waals surface area contributed by atoms with E-state index in [0.717, 1.165) is 18.9 Å². The molecule has 1 aliphatic rings. The zero-order valence-electron chi connectivity index (χ0n) is 12.0. The van der Waals surface area contributed by atoms with Gasteiger partial charge in [-0.3, -0.25) is 30.0 Å². The van der Waals surface area contributed by atoms with Gasteiger partial charge in [0, 0.05) is 6.04 Å². The predicted molar refractivity (Wildman–Crippen MR) is 76.2 cm³/mol. The first-order valence-electron chi connectivity index (χ1n) is 6.90. The molecular weight excluding hydrogens is 307 g/mol. The highest BCUT2D eigenvalue weighted by molar-refractivity contribution is 6.35. The van der Waals surface area contributed by atoms with Crippen LogP contribution in [-0.4, -0.2) is 36.2 Å². The highest BCUT2D eigenvalue weighted by Crippen LogP contribution is 2.18. The normalized spacial score (nSPS) is 12.9. The summed E-state index contributed by atoms with van der Waals surface area (Å²) in [6, 6.07) is 5.32. The predicted octanol–water partition coefficient (Wildman–Crippen LogP) is -1.02. The molecule has 0 aliphatic heterocycles. The molecule has 0 bridgehead atoms. The molecule has 122 valence electrons. The minimum atomic E-state index is -1.01. The number of rotatable bonds is 4. The summed E-state index contributed by atoms with van der Waals surface area (Å²) < 4.78 is 13.4. The summed E-state index contributed by atoms with van der Waals surface area (Å²) in [5.41, 5.74) is 3.68. The summed E-state index contributed by atoms with van der Waals surface area (Å²) in [5, 5.41) is 4.63. The van der Waals surface area contributed by atoms with Gasteiger partial charge in [-0.05, 0) is 25.0 Å². The first-order valence-corrected chi connectivity index (χ1v) is 6.90. The molecular formula is C14H15FN4O4. The smallest absolute Gasteiger partial charge is 0.327 e. The minimum absolute atomic E-state index is 0.0176. The molecule has 0 atom stereocenters. The molecule has 1 fully saturated rings. The zero-order chi connectivity index (χ0) is 16.8.